The van der Waals surface area contributed by atoms with Crippen LogP contribution in [0.4, 0.5) is 0 Å². The Hall–Kier alpha value is -2.13. The fraction of sp³-hybridized carbons (Fsp3) is 0.462. The van der Waals surface area contributed by atoms with Crippen LogP contribution in [0.1, 0.15) is 75.3 Å². The number of aliphatic imine (C=N–C) groups is 2. The molecule has 2 fully saturated rings. The number of phenolic OH excluding ortho intramolecular Hbond substituents is 2. The quantitative estimate of drug-likeness (QED) is 0.412. The molecule has 0 saturated heterocycles. The van der Waals surface area contributed by atoms with Gasteiger partial charge >= 0.3 is 16.5 Å². The van der Waals surface area contributed by atoms with E-state index in [9.17, 15) is 10.2 Å². The van der Waals surface area contributed by atoms with E-state index in [2.05, 4.69) is 9.98 Å². The molecular formula is C26H34N2NiO2+2. The molecule has 0 spiro atoms. The van der Waals surface area contributed by atoms with Crippen LogP contribution >= 0.6 is 0 Å². The summed E-state index contributed by atoms with van der Waals surface area (Å²) in [7, 11) is 0. The van der Waals surface area contributed by atoms with Crippen molar-refractivity contribution in [3.05, 3.63) is 59.7 Å². The molecule has 0 bridgehead atoms. The summed E-state index contributed by atoms with van der Waals surface area (Å²) in [6, 6.07) is 15.6. The standard InChI is InChI=1S/2C13H17NO.Ni/c2*15-13-9-5-4-6-11(13)10-14-12-7-2-1-3-8-12;/h2*4-6,9-10,12,15H,1-3,7-8H2;/q;;+2. The van der Waals surface area contributed by atoms with E-state index in [4.69, 9.17) is 0 Å². The predicted octanol–water partition coefficient (Wildman–Crippen LogP) is 6.29. The SMILES string of the molecule is Oc1ccccc1C=NC1CCCCC1.Oc1ccccc1C=NC1CCCCC1.[Ni+2]. The van der Waals surface area contributed by atoms with E-state index >= 15 is 0 Å². The summed E-state index contributed by atoms with van der Waals surface area (Å²) in [5, 5.41) is 19.1. The van der Waals surface area contributed by atoms with Gasteiger partial charge in [-0.3, -0.25) is 9.98 Å². The van der Waals surface area contributed by atoms with Crippen molar-refractivity contribution in [1.29, 1.82) is 0 Å². The van der Waals surface area contributed by atoms with Crippen LogP contribution in [0.25, 0.3) is 0 Å². The van der Waals surface area contributed by atoms with Crippen molar-refractivity contribution in [2.75, 3.05) is 0 Å². The monoisotopic (exact) mass is 464 g/mol. The number of hydrogen-bond donors (Lipinski definition) is 2. The van der Waals surface area contributed by atoms with Gasteiger partial charge in [-0.1, -0.05) is 62.8 Å². The van der Waals surface area contributed by atoms with Gasteiger partial charge in [-0.15, -0.1) is 0 Å². The zero-order valence-corrected chi connectivity index (χ0v) is 19.1. The number of benzene rings is 2. The average Bonchev–Trinajstić information content (AvgIpc) is 2.80. The van der Waals surface area contributed by atoms with Crippen LogP contribution in [0.15, 0.2) is 58.5 Å². The van der Waals surface area contributed by atoms with Crippen LogP contribution in [0.5, 0.6) is 11.5 Å². The van der Waals surface area contributed by atoms with E-state index in [1.807, 2.05) is 48.8 Å². The van der Waals surface area contributed by atoms with Gasteiger partial charge in [-0.2, -0.15) is 0 Å². The fourth-order valence-corrected chi connectivity index (χ4v) is 4.03. The van der Waals surface area contributed by atoms with Gasteiger partial charge in [0, 0.05) is 35.6 Å². The summed E-state index contributed by atoms with van der Waals surface area (Å²) in [6.45, 7) is 0. The van der Waals surface area contributed by atoms with E-state index in [0.29, 0.717) is 23.6 Å². The minimum absolute atomic E-state index is 0. The van der Waals surface area contributed by atoms with Crippen molar-refractivity contribution >= 4 is 12.4 Å². The van der Waals surface area contributed by atoms with E-state index in [0.717, 1.165) is 11.1 Å². The number of rotatable bonds is 4. The second-order valence-electron chi connectivity index (χ2n) is 8.26. The van der Waals surface area contributed by atoms with E-state index < -0.39 is 0 Å². The molecule has 0 amide bonds. The van der Waals surface area contributed by atoms with Crippen molar-refractivity contribution in [2.24, 2.45) is 9.98 Å². The van der Waals surface area contributed by atoms with Crippen LogP contribution in [-0.2, 0) is 16.5 Å². The third-order valence-electron chi connectivity index (χ3n) is 5.87. The third kappa shape index (κ3) is 8.87. The minimum Gasteiger partial charge on any atom is -0.507 e. The van der Waals surface area contributed by atoms with Crippen molar-refractivity contribution in [3.63, 3.8) is 0 Å². The van der Waals surface area contributed by atoms with Crippen LogP contribution in [0, 0.1) is 0 Å². The normalized spacial score (nSPS) is 17.8. The smallest absolute Gasteiger partial charge is 0.507 e. The number of nitrogens with zero attached hydrogens (tertiary/aromatic N) is 2. The van der Waals surface area contributed by atoms with Crippen molar-refractivity contribution in [2.45, 2.75) is 76.3 Å². The van der Waals surface area contributed by atoms with E-state index in [1.165, 1.54) is 64.2 Å². The summed E-state index contributed by atoms with van der Waals surface area (Å²) < 4.78 is 0. The number of aromatic hydroxyl groups is 2. The minimum atomic E-state index is 0. The number of hydrogen-bond acceptors (Lipinski definition) is 4. The van der Waals surface area contributed by atoms with Gasteiger partial charge in [-0.05, 0) is 49.9 Å². The molecule has 4 rings (SSSR count). The van der Waals surface area contributed by atoms with Gasteiger partial charge in [0.15, 0.2) is 0 Å². The second-order valence-corrected chi connectivity index (χ2v) is 8.26. The Labute approximate surface area is 196 Å². The molecule has 0 unspecified atom stereocenters. The van der Waals surface area contributed by atoms with Gasteiger partial charge < -0.3 is 10.2 Å². The Kier molecular flexibility index (Phi) is 11.4. The maximum atomic E-state index is 9.55. The maximum Gasteiger partial charge on any atom is 2.00 e. The molecular weight excluding hydrogens is 431 g/mol. The molecule has 2 N–H and O–H groups in total. The number of para-hydroxylation sites is 2. The Morgan fingerprint density at radius 2 is 0.935 bits per heavy atom. The van der Waals surface area contributed by atoms with Crippen LogP contribution in [0.2, 0.25) is 0 Å². The van der Waals surface area contributed by atoms with Crippen molar-refractivity contribution < 1.29 is 26.7 Å². The molecule has 168 valence electrons. The van der Waals surface area contributed by atoms with Crippen molar-refractivity contribution in [1.82, 2.24) is 0 Å². The molecule has 2 aliphatic carbocycles. The van der Waals surface area contributed by atoms with Gasteiger partial charge in [0.05, 0.1) is 0 Å². The molecule has 2 saturated carbocycles. The van der Waals surface area contributed by atoms with Gasteiger partial charge in [0.1, 0.15) is 11.5 Å². The molecule has 31 heavy (non-hydrogen) atoms. The molecule has 0 heterocycles. The van der Waals surface area contributed by atoms with Crippen molar-refractivity contribution in [3.8, 4) is 11.5 Å². The molecule has 0 atom stereocenters. The first-order valence-electron chi connectivity index (χ1n) is 11.3. The summed E-state index contributed by atoms with van der Waals surface area (Å²) in [5.74, 6) is 0.633. The predicted molar refractivity (Wildman–Crippen MR) is 125 cm³/mol. The molecule has 2 aromatic carbocycles. The first-order valence-corrected chi connectivity index (χ1v) is 11.3. The number of phenols is 2. The average molecular weight is 465 g/mol. The first-order chi connectivity index (χ1) is 14.7. The van der Waals surface area contributed by atoms with E-state index in [-0.39, 0.29) is 16.5 Å². The van der Waals surface area contributed by atoms with E-state index in [1.54, 1.807) is 12.1 Å². The first kappa shape index (κ1) is 25.1. The second kappa shape index (κ2) is 14.0. The summed E-state index contributed by atoms with van der Waals surface area (Å²) in [6.07, 6.45) is 16.3. The molecule has 0 aliphatic heterocycles. The molecule has 4 nitrogen and oxygen atoms in total. The molecule has 2 aliphatic rings. The Morgan fingerprint density at radius 1 is 0.581 bits per heavy atom. The molecule has 0 aromatic heterocycles. The Bertz CT molecular complexity index is 756. The van der Waals surface area contributed by atoms with Gasteiger partial charge in [0.2, 0.25) is 0 Å². The summed E-state index contributed by atoms with van der Waals surface area (Å²) in [5.41, 5.74) is 1.64. The van der Waals surface area contributed by atoms with Gasteiger partial charge in [0.25, 0.3) is 0 Å². The molecule has 0 radical (unpaired) electrons. The topological polar surface area (TPSA) is 65.2 Å². The Balaban J connectivity index is 0.000000213. The summed E-state index contributed by atoms with van der Waals surface area (Å²) in [4.78, 5) is 9.06. The third-order valence-corrected chi connectivity index (χ3v) is 5.87. The Morgan fingerprint density at radius 3 is 1.29 bits per heavy atom. The summed E-state index contributed by atoms with van der Waals surface area (Å²) >= 11 is 0. The van der Waals surface area contributed by atoms with Crippen LogP contribution in [0.3, 0.4) is 0 Å². The van der Waals surface area contributed by atoms with Crippen LogP contribution in [-0.4, -0.2) is 34.7 Å². The molecule has 2 aromatic rings. The van der Waals surface area contributed by atoms with Gasteiger partial charge in [-0.25, -0.2) is 0 Å². The largest absolute Gasteiger partial charge is 2.00 e. The van der Waals surface area contributed by atoms with Crippen LogP contribution < -0.4 is 0 Å². The fourth-order valence-electron chi connectivity index (χ4n) is 4.03. The molecule has 5 heteroatoms. The zero-order chi connectivity index (χ0) is 21.0. The zero-order valence-electron chi connectivity index (χ0n) is 18.1. The maximum absolute atomic E-state index is 9.55.